The van der Waals surface area contributed by atoms with Gasteiger partial charge in [0, 0.05) is 42.0 Å². The molecular weight excluding hydrogens is 431 g/mol. The quantitative estimate of drug-likeness (QED) is 0.368. The SMILES string of the molecule is Fc1ccc(-c2noc(C3CCCN(c4nc(-c5cccnc5)nc5ccccc45)C3)n2)cc1. The molecule has 0 amide bonds. The highest BCUT2D eigenvalue weighted by atomic mass is 19.1. The molecule has 1 saturated heterocycles. The maximum absolute atomic E-state index is 13.3. The molecule has 8 heteroatoms. The van der Waals surface area contributed by atoms with Crippen LogP contribution in [-0.2, 0) is 0 Å². The van der Waals surface area contributed by atoms with Gasteiger partial charge < -0.3 is 9.42 Å². The number of anilines is 1. The van der Waals surface area contributed by atoms with E-state index in [0.29, 0.717) is 24.1 Å². The molecule has 1 atom stereocenters. The molecule has 6 rings (SSSR count). The Labute approximate surface area is 195 Å². The van der Waals surface area contributed by atoms with Crippen molar-refractivity contribution in [2.75, 3.05) is 18.0 Å². The Morgan fingerprint density at radius 3 is 2.62 bits per heavy atom. The lowest BCUT2D eigenvalue weighted by molar-refractivity contribution is 0.333. The van der Waals surface area contributed by atoms with E-state index in [2.05, 4.69) is 26.1 Å². The van der Waals surface area contributed by atoms with Crippen molar-refractivity contribution in [3.05, 3.63) is 84.8 Å². The van der Waals surface area contributed by atoms with Crippen molar-refractivity contribution in [1.82, 2.24) is 25.1 Å². The molecule has 1 aliphatic rings. The highest BCUT2D eigenvalue weighted by Crippen LogP contribution is 2.33. The predicted molar refractivity (Wildman–Crippen MR) is 127 cm³/mol. The maximum atomic E-state index is 13.3. The van der Waals surface area contributed by atoms with Crippen LogP contribution < -0.4 is 4.90 Å². The lowest BCUT2D eigenvalue weighted by Crippen LogP contribution is -2.35. The summed E-state index contributed by atoms with van der Waals surface area (Å²) in [5.41, 5.74) is 2.50. The number of nitrogens with zero attached hydrogens (tertiary/aromatic N) is 6. The van der Waals surface area contributed by atoms with Gasteiger partial charge in [-0.15, -0.1) is 0 Å². The molecule has 1 fully saturated rings. The van der Waals surface area contributed by atoms with E-state index in [4.69, 9.17) is 14.5 Å². The minimum absolute atomic E-state index is 0.0750. The van der Waals surface area contributed by atoms with Gasteiger partial charge in [-0.3, -0.25) is 4.98 Å². The van der Waals surface area contributed by atoms with E-state index in [9.17, 15) is 4.39 Å². The zero-order chi connectivity index (χ0) is 22.9. The van der Waals surface area contributed by atoms with Crippen LogP contribution in [0.3, 0.4) is 0 Å². The standard InChI is InChI=1S/C26H21FN6O/c27-20-11-9-17(10-12-20)24-31-26(34-32-24)19-6-4-14-33(16-19)25-21-7-1-2-8-22(21)29-23(30-25)18-5-3-13-28-15-18/h1-3,5,7-13,15,19H,4,6,14,16H2. The molecule has 168 valence electrons. The smallest absolute Gasteiger partial charge is 0.231 e. The van der Waals surface area contributed by atoms with Crippen LogP contribution in [0.2, 0.25) is 0 Å². The van der Waals surface area contributed by atoms with Crippen LogP contribution >= 0.6 is 0 Å². The third-order valence-electron chi connectivity index (χ3n) is 6.12. The summed E-state index contributed by atoms with van der Waals surface area (Å²) >= 11 is 0. The van der Waals surface area contributed by atoms with Crippen molar-refractivity contribution in [3.63, 3.8) is 0 Å². The van der Waals surface area contributed by atoms with Gasteiger partial charge in [-0.25, -0.2) is 14.4 Å². The summed E-state index contributed by atoms with van der Waals surface area (Å²) in [5.74, 6) is 2.39. The lowest BCUT2D eigenvalue weighted by atomic mass is 9.97. The van der Waals surface area contributed by atoms with Crippen molar-refractivity contribution in [1.29, 1.82) is 0 Å². The second kappa shape index (κ2) is 8.62. The fraction of sp³-hybridized carbons (Fsp3) is 0.192. The number of halogens is 1. The molecule has 0 bridgehead atoms. The van der Waals surface area contributed by atoms with Gasteiger partial charge in [0.2, 0.25) is 11.7 Å². The molecule has 2 aromatic carbocycles. The highest BCUT2D eigenvalue weighted by Gasteiger charge is 2.28. The molecule has 0 radical (unpaired) electrons. The van der Waals surface area contributed by atoms with E-state index in [1.165, 1.54) is 12.1 Å². The number of aromatic nitrogens is 5. The average molecular weight is 452 g/mol. The first-order chi connectivity index (χ1) is 16.7. The number of piperidine rings is 1. The summed E-state index contributed by atoms with van der Waals surface area (Å²) in [4.78, 5) is 20.9. The molecule has 0 spiro atoms. The first kappa shape index (κ1) is 20.4. The summed E-state index contributed by atoms with van der Waals surface area (Å²) in [6.07, 6.45) is 5.44. The van der Waals surface area contributed by atoms with Crippen molar-refractivity contribution in [2.45, 2.75) is 18.8 Å². The van der Waals surface area contributed by atoms with E-state index in [0.717, 1.165) is 47.2 Å². The molecule has 0 aliphatic carbocycles. The number of pyridine rings is 1. The Balaban J connectivity index is 1.33. The molecule has 7 nitrogen and oxygen atoms in total. The van der Waals surface area contributed by atoms with Gasteiger partial charge in [0.05, 0.1) is 11.4 Å². The Bertz CT molecular complexity index is 1440. The zero-order valence-corrected chi connectivity index (χ0v) is 18.3. The van der Waals surface area contributed by atoms with E-state index >= 15 is 0 Å². The molecular formula is C26H21FN6O. The number of fused-ring (bicyclic) bond motifs is 1. The predicted octanol–water partition coefficient (Wildman–Crippen LogP) is 5.26. The molecule has 5 aromatic rings. The second-order valence-electron chi connectivity index (χ2n) is 8.38. The summed E-state index contributed by atoms with van der Waals surface area (Å²) in [6.45, 7) is 1.58. The first-order valence-corrected chi connectivity index (χ1v) is 11.3. The van der Waals surface area contributed by atoms with Gasteiger partial charge in [0.25, 0.3) is 0 Å². The molecule has 3 aromatic heterocycles. The van der Waals surface area contributed by atoms with Crippen LogP contribution in [0.4, 0.5) is 10.2 Å². The second-order valence-corrected chi connectivity index (χ2v) is 8.38. The maximum Gasteiger partial charge on any atom is 0.231 e. The molecule has 34 heavy (non-hydrogen) atoms. The van der Waals surface area contributed by atoms with Crippen LogP contribution in [0.5, 0.6) is 0 Å². The van der Waals surface area contributed by atoms with E-state index in [-0.39, 0.29) is 11.7 Å². The first-order valence-electron chi connectivity index (χ1n) is 11.3. The van der Waals surface area contributed by atoms with Crippen molar-refractivity contribution in [3.8, 4) is 22.8 Å². The number of rotatable bonds is 4. The van der Waals surface area contributed by atoms with E-state index in [1.54, 1.807) is 24.5 Å². The van der Waals surface area contributed by atoms with Gasteiger partial charge in [-0.1, -0.05) is 17.3 Å². The zero-order valence-electron chi connectivity index (χ0n) is 18.3. The van der Waals surface area contributed by atoms with Crippen LogP contribution in [0.15, 0.2) is 77.6 Å². The van der Waals surface area contributed by atoms with Crippen LogP contribution in [0, 0.1) is 5.82 Å². The van der Waals surface area contributed by atoms with Crippen LogP contribution in [0.25, 0.3) is 33.7 Å². The van der Waals surface area contributed by atoms with Crippen molar-refractivity contribution in [2.24, 2.45) is 0 Å². The number of benzene rings is 2. The molecule has 0 N–H and O–H groups in total. The lowest BCUT2D eigenvalue weighted by Gasteiger charge is -2.32. The van der Waals surface area contributed by atoms with Gasteiger partial charge in [-0.05, 0) is 61.4 Å². The number of para-hydroxylation sites is 1. The minimum Gasteiger partial charge on any atom is -0.355 e. The minimum atomic E-state index is -0.293. The molecule has 4 heterocycles. The van der Waals surface area contributed by atoms with Gasteiger partial charge in [0.15, 0.2) is 5.82 Å². The monoisotopic (exact) mass is 452 g/mol. The fourth-order valence-electron chi connectivity index (χ4n) is 4.41. The van der Waals surface area contributed by atoms with Crippen molar-refractivity contribution < 1.29 is 8.91 Å². The van der Waals surface area contributed by atoms with Gasteiger partial charge in [0.1, 0.15) is 11.6 Å². The van der Waals surface area contributed by atoms with E-state index < -0.39 is 0 Å². The Morgan fingerprint density at radius 2 is 1.76 bits per heavy atom. The van der Waals surface area contributed by atoms with Crippen LogP contribution in [0.1, 0.15) is 24.7 Å². The van der Waals surface area contributed by atoms with Crippen molar-refractivity contribution >= 4 is 16.7 Å². The Hall–Kier alpha value is -4.20. The average Bonchev–Trinajstić information content (AvgIpc) is 3.39. The van der Waals surface area contributed by atoms with Gasteiger partial charge >= 0.3 is 0 Å². The van der Waals surface area contributed by atoms with Crippen LogP contribution in [-0.4, -0.2) is 38.2 Å². The summed E-state index contributed by atoms with van der Waals surface area (Å²) in [6, 6.07) is 18.0. The number of hydrogen-bond donors (Lipinski definition) is 0. The number of hydrogen-bond acceptors (Lipinski definition) is 7. The Kier molecular flexibility index (Phi) is 5.18. The fourth-order valence-corrected chi connectivity index (χ4v) is 4.41. The topological polar surface area (TPSA) is 80.8 Å². The summed E-state index contributed by atoms with van der Waals surface area (Å²) < 4.78 is 18.9. The highest BCUT2D eigenvalue weighted by molar-refractivity contribution is 5.91. The third-order valence-corrected chi connectivity index (χ3v) is 6.12. The summed E-state index contributed by atoms with van der Waals surface area (Å²) in [7, 11) is 0. The normalized spacial score (nSPS) is 16.1. The third kappa shape index (κ3) is 3.87. The molecule has 1 aliphatic heterocycles. The summed E-state index contributed by atoms with van der Waals surface area (Å²) in [5, 5.41) is 5.14. The molecule has 1 unspecified atom stereocenters. The molecule has 0 saturated carbocycles. The largest absolute Gasteiger partial charge is 0.355 e. The Morgan fingerprint density at radius 1 is 0.882 bits per heavy atom. The van der Waals surface area contributed by atoms with E-state index in [1.807, 2.05) is 30.3 Å². The van der Waals surface area contributed by atoms with Gasteiger partial charge in [-0.2, -0.15) is 4.98 Å².